The van der Waals surface area contributed by atoms with Crippen LogP contribution in [0.2, 0.25) is 10.0 Å². The molecule has 1 aliphatic rings. The number of nitrogens with zero attached hydrogens (tertiary/aromatic N) is 3. The molecular formula is C18H20Cl2N4O. The molecule has 0 radical (unpaired) electrons. The zero-order chi connectivity index (χ0) is 17.8. The molecule has 0 saturated carbocycles. The van der Waals surface area contributed by atoms with Crippen LogP contribution in [0.5, 0.6) is 0 Å². The predicted molar refractivity (Wildman–Crippen MR) is 103 cm³/mol. The van der Waals surface area contributed by atoms with Crippen molar-refractivity contribution in [3.8, 4) is 0 Å². The van der Waals surface area contributed by atoms with Gasteiger partial charge in [-0.3, -0.25) is 4.79 Å². The van der Waals surface area contributed by atoms with E-state index < -0.39 is 0 Å². The number of likely N-dealkylation sites (N-methyl/N-ethyl adjacent to an activating group) is 1. The average Bonchev–Trinajstić information content (AvgIpc) is 2.65. The van der Waals surface area contributed by atoms with E-state index >= 15 is 0 Å². The maximum Gasteiger partial charge on any atom is 0.274 e. The summed E-state index contributed by atoms with van der Waals surface area (Å²) >= 11 is 12.1. The van der Waals surface area contributed by atoms with Crippen LogP contribution in [-0.4, -0.2) is 48.5 Å². The highest BCUT2D eigenvalue weighted by molar-refractivity contribution is 6.44. The smallest absolute Gasteiger partial charge is 0.274 e. The first-order chi connectivity index (χ1) is 12.1. The van der Waals surface area contributed by atoms with Crippen LogP contribution in [0, 0.1) is 0 Å². The maximum atomic E-state index is 12.4. The molecule has 1 fully saturated rings. The normalized spacial score (nSPS) is 15.2. The third kappa shape index (κ3) is 4.24. The number of aromatic nitrogens is 1. The topological polar surface area (TPSA) is 48.5 Å². The van der Waals surface area contributed by atoms with E-state index in [4.69, 9.17) is 23.2 Å². The van der Waals surface area contributed by atoms with E-state index in [0.717, 1.165) is 38.4 Å². The number of carbonyl (C=O) groups excluding carboxylic acids is 1. The number of anilines is 2. The summed E-state index contributed by atoms with van der Waals surface area (Å²) in [5.74, 6) is -0.313. The monoisotopic (exact) mass is 378 g/mol. The van der Waals surface area contributed by atoms with Crippen LogP contribution in [0.3, 0.4) is 0 Å². The molecule has 1 aromatic carbocycles. The number of carbonyl (C=O) groups is 1. The molecule has 0 spiro atoms. The van der Waals surface area contributed by atoms with Crippen molar-refractivity contribution in [2.45, 2.75) is 6.92 Å². The van der Waals surface area contributed by atoms with Gasteiger partial charge in [-0.05, 0) is 30.8 Å². The van der Waals surface area contributed by atoms with Crippen molar-refractivity contribution in [1.29, 1.82) is 0 Å². The summed E-state index contributed by atoms with van der Waals surface area (Å²) in [4.78, 5) is 21.4. The Morgan fingerprint density at radius 3 is 2.56 bits per heavy atom. The lowest BCUT2D eigenvalue weighted by Crippen LogP contribution is -2.46. The Labute approximate surface area is 157 Å². The molecular weight excluding hydrogens is 359 g/mol. The van der Waals surface area contributed by atoms with Crippen LogP contribution in [0.25, 0.3) is 0 Å². The van der Waals surface area contributed by atoms with Crippen molar-refractivity contribution in [1.82, 2.24) is 9.88 Å². The highest BCUT2D eigenvalue weighted by Crippen LogP contribution is 2.29. The molecule has 5 nitrogen and oxygen atoms in total. The number of hydrogen-bond acceptors (Lipinski definition) is 4. The van der Waals surface area contributed by atoms with E-state index in [1.54, 1.807) is 30.5 Å². The van der Waals surface area contributed by atoms with Crippen molar-refractivity contribution in [2.75, 3.05) is 42.9 Å². The lowest BCUT2D eigenvalue weighted by atomic mass is 10.2. The molecule has 0 unspecified atom stereocenters. The lowest BCUT2D eigenvalue weighted by molar-refractivity contribution is 0.102. The van der Waals surface area contributed by atoms with Gasteiger partial charge in [0.1, 0.15) is 5.69 Å². The molecule has 7 heteroatoms. The van der Waals surface area contributed by atoms with Gasteiger partial charge in [-0.1, -0.05) is 36.2 Å². The maximum absolute atomic E-state index is 12.4. The standard InChI is InChI=1S/C18H20Cl2N4O/c1-2-23-8-10-24(11-9-23)13-6-7-16(21-12-13)18(25)22-15-5-3-4-14(19)17(15)20/h3-7,12H,2,8-11H2,1H3,(H,22,25). The van der Waals surface area contributed by atoms with E-state index in [1.807, 2.05) is 6.07 Å². The fourth-order valence-corrected chi connectivity index (χ4v) is 3.16. The summed E-state index contributed by atoms with van der Waals surface area (Å²) in [5.41, 5.74) is 1.85. The second kappa shape index (κ2) is 8.04. The molecule has 132 valence electrons. The minimum absolute atomic E-state index is 0.313. The Kier molecular flexibility index (Phi) is 5.78. The van der Waals surface area contributed by atoms with Gasteiger partial charge in [-0.15, -0.1) is 0 Å². The van der Waals surface area contributed by atoms with Crippen molar-refractivity contribution in [3.63, 3.8) is 0 Å². The van der Waals surface area contributed by atoms with Crippen LogP contribution in [0.15, 0.2) is 36.5 Å². The van der Waals surface area contributed by atoms with Gasteiger partial charge in [0, 0.05) is 26.2 Å². The first-order valence-electron chi connectivity index (χ1n) is 8.27. The van der Waals surface area contributed by atoms with E-state index in [1.165, 1.54) is 0 Å². The van der Waals surface area contributed by atoms with Crippen LogP contribution < -0.4 is 10.2 Å². The second-order valence-corrected chi connectivity index (χ2v) is 6.66. The van der Waals surface area contributed by atoms with E-state index in [9.17, 15) is 4.79 Å². The van der Waals surface area contributed by atoms with Crippen molar-refractivity contribution < 1.29 is 4.79 Å². The molecule has 0 atom stereocenters. The summed E-state index contributed by atoms with van der Waals surface area (Å²) in [5, 5.41) is 3.46. The van der Waals surface area contributed by atoms with Gasteiger partial charge in [0.25, 0.3) is 5.91 Å². The summed E-state index contributed by atoms with van der Waals surface area (Å²) in [6, 6.07) is 8.77. The van der Waals surface area contributed by atoms with Gasteiger partial charge in [0.15, 0.2) is 0 Å². The number of benzene rings is 1. The Morgan fingerprint density at radius 1 is 1.16 bits per heavy atom. The molecule has 2 heterocycles. The Bertz CT molecular complexity index is 743. The molecule has 0 aliphatic carbocycles. The van der Waals surface area contributed by atoms with Gasteiger partial charge >= 0.3 is 0 Å². The molecule has 1 saturated heterocycles. The largest absolute Gasteiger partial charge is 0.368 e. The predicted octanol–water partition coefficient (Wildman–Crippen LogP) is 3.78. The number of halogens is 2. The zero-order valence-electron chi connectivity index (χ0n) is 14.0. The van der Waals surface area contributed by atoms with Gasteiger partial charge in [0.05, 0.1) is 27.6 Å². The number of rotatable bonds is 4. The highest BCUT2D eigenvalue weighted by atomic mass is 35.5. The quantitative estimate of drug-likeness (QED) is 0.879. The average molecular weight is 379 g/mol. The van der Waals surface area contributed by atoms with Crippen molar-refractivity contribution in [2.24, 2.45) is 0 Å². The number of nitrogens with one attached hydrogen (secondary N) is 1. The van der Waals surface area contributed by atoms with Crippen molar-refractivity contribution in [3.05, 3.63) is 52.3 Å². The number of hydrogen-bond donors (Lipinski definition) is 1. The molecule has 1 N–H and O–H groups in total. The van der Waals surface area contributed by atoms with Gasteiger partial charge in [-0.2, -0.15) is 0 Å². The fraction of sp³-hybridized carbons (Fsp3) is 0.333. The Hall–Kier alpha value is -1.82. The number of pyridine rings is 1. The molecule has 2 aromatic rings. The Morgan fingerprint density at radius 2 is 1.92 bits per heavy atom. The first kappa shape index (κ1) is 18.0. The summed E-state index contributed by atoms with van der Waals surface area (Å²) in [6.07, 6.45) is 1.75. The lowest BCUT2D eigenvalue weighted by Gasteiger charge is -2.35. The minimum Gasteiger partial charge on any atom is -0.368 e. The highest BCUT2D eigenvalue weighted by Gasteiger charge is 2.17. The van der Waals surface area contributed by atoms with E-state index in [0.29, 0.717) is 21.4 Å². The molecule has 25 heavy (non-hydrogen) atoms. The van der Waals surface area contributed by atoms with Crippen LogP contribution in [-0.2, 0) is 0 Å². The fourth-order valence-electron chi connectivity index (χ4n) is 2.82. The minimum atomic E-state index is -0.313. The third-order valence-electron chi connectivity index (χ3n) is 4.36. The molecule has 1 aliphatic heterocycles. The summed E-state index contributed by atoms with van der Waals surface area (Å²) in [6.45, 7) is 7.30. The number of piperazine rings is 1. The SMILES string of the molecule is CCN1CCN(c2ccc(C(=O)Nc3cccc(Cl)c3Cl)nc2)CC1. The molecule has 1 amide bonds. The molecule has 3 rings (SSSR count). The van der Waals surface area contributed by atoms with Crippen LogP contribution in [0.1, 0.15) is 17.4 Å². The molecule has 1 aromatic heterocycles. The van der Waals surface area contributed by atoms with Gasteiger partial charge in [-0.25, -0.2) is 4.98 Å². The molecule has 0 bridgehead atoms. The zero-order valence-corrected chi connectivity index (χ0v) is 15.5. The second-order valence-electron chi connectivity index (χ2n) is 5.88. The van der Waals surface area contributed by atoms with Crippen molar-refractivity contribution >= 4 is 40.5 Å². The summed E-state index contributed by atoms with van der Waals surface area (Å²) < 4.78 is 0. The van der Waals surface area contributed by atoms with Crippen LogP contribution >= 0.6 is 23.2 Å². The van der Waals surface area contributed by atoms with E-state index in [2.05, 4.69) is 27.0 Å². The van der Waals surface area contributed by atoms with Crippen LogP contribution in [0.4, 0.5) is 11.4 Å². The third-order valence-corrected chi connectivity index (χ3v) is 5.18. The number of amides is 1. The first-order valence-corrected chi connectivity index (χ1v) is 9.03. The summed E-state index contributed by atoms with van der Waals surface area (Å²) in [7, 11) is 0. The van der Waals surface area contributed by atoms with Gasteiger partial charge in [0.2, 0.25) is 0 Å². The van der Waals surface area contributed by atoms with Gasteiger partial charge < -0.3 is 15.1 Å². The van der Waals surface area contributed by atoms with E-state index in [-0.39, 0.29) is 5.91 Å². The Balaban J connectivity index is 1.66.